The SMILES string of the molecule is Cc1ccc(-c2cc(C(F)(F)F)on2)cc1S(=O)(=O)N1CCN(c2ccccc2F)CC1. The maximum atomic E-state index is 14.0. The molecular formula is C21H19F4N3O3S. The molecule has 0 N–H and O–H groups in total. The summed E-state index contributed by atoms with van der Waals surface area (Å²) < 4.78 is 84.7. The maximum absolute atomic E-state index is 14.0. The summed E-state index contributed by atoms with van der Waals surface area (Å²) in [5, 5.41) is 3.42. The lowest BCUT2D eigenvalue weighted by Gasteiger charge is -2.35. The van der Waals surface area contributed by atoms with Crippen molar-refractivity contribution in [3.63, 3.8) is 0 Å². The van der Waals surface area contributed by atoms with Gasteiger partial charge in [0.2, 0.25) is 15.8 Å². The van der Waals surface area contributed by atoms with Crippen LogP contribution in [-0.2, 0) is 16.2 Å². The fourth-order valence-corrected chi connectivity index (χ4v) is 5.27. The fourth-order valence-electron chi connectivity index (χ4n) is 3.60. The zero-order valence-electron chi connectivity index (χ0n) is 16.9. The van der Waals surface area contributed by atoms with E-state index in [4.69, 9.17) is 0 Å². The number of alkyl halides is 3. The van der Waals surface area contributed by atoms with Crippen LogP contribution in [0.5, 0.6) is 0 Å². The monoisotopic (exact) mass is 469 g/mol. The van der Waals surface area contributed by atoms with Crippen LogP contribution in [0.3, 0.4) is 0 Å². The highest BCUT2D eigenvalue weighted by Crippen LogP contribution is 2.33. The summed E-state index contributed by atoms with van der Waals surface area (Å²) in [6.45, 7) is 2.50. The molecule has 0 bridgehead atoms. The van der Waals surface area contributed by atoms with Crippen molar-refractivity contribution in [2.75, 3.05) is 31.1 Å². The predicted octanol–water partition coefficient (Wildman–Crippen LogP) is 4.32. The molecule has 2 heterocycles. The molecule has 32 heavy (non-hydrogen) atoms. The molecule has 170 valence electrons. The molecule has 6 nitrogen and oxygen atoms in total. The van der Waals surface area contributed by atoms with Crippen LogP contribution in [0.25, 0.3) is 11.3 Å². The Kier molecular flexibility index (Phi) is 5.72. The van der Waals surface area contributed by atoms with E-state index in [1.807, 2.05) is 0 Å². The first kappa shape index (κ1) is 22.3. The summed E-state index contributed by atoms with van der Waals surface area (Å²) in [6.07, 6.45) is -4.69. The smallest absolute Gasteiger partial charge is 0.367 e. The number of halogens is 4. The van der Waals surface area contributed by atoms with E-state index in [-0.39, 0.29) is 35.1 Å². The van der Waals surface area contributed by atoms with E-state index in [1.54, 1.807) is 30.0 Å². The Bertz CT molecular complexity index is 1230. The summed E-state index contributed by atoms with van der Waals surface area (Å²) in [4.78, 5) is 1.75. The molecule has 0 atom stereocenters. The van der Waals surface area contributed by atoms with Gasteiger partial charge in [-0.3, -0.25) is 0 Å². The molecule has 1 aromatic heterocycles. The van der Waals surface area contributed by atoms with E-state index in [0.717, 1.165) is 6.07 Å². The molecule has 0 radical (unpaired) electrons. The normalized spacial score (nSPS) is 15.8. The minimum Gasteiger partial charge on any atom is -0.367 e. The minimum absolute atomic E-state index is 0.0223. The molecule has 4 rings (SSSR count). The van der Waals surface area contributed by atoms with E-state index in [0.29, 0.717) is 24.3 Å². The molecule has 2 aromatic carbocycles. The van der Waals surface area contributed by atoms with Crippen molar-refractivity contribution in [2.45, 2.75) is 18.0 Å². The van der Waals surface area contributed by atoms with Gasteiger partial charge in [-0.1, -0.05) is 29.4 Å². The first-order chi connectivity index (χ1) is 15.1. The average Bonchev–Trinajstić information content (AvgIpc) is 3.25. The Morgan fingerprint density at radius 1 is 1.00 bits per heavy atom. The highest BCUT2D eigenvalue weighted by atomic mass is 32.2. The number of nitrogens with zero attached hydrogens (tertiary/aromatic N) is 3. The number of rotatable bonds is 4. The van der Waals surface area contributed by atoms with Gasteiger partial charge in [-0.05, 0) is 30.7 Å². The van der Waals surface area contributed by atoms with Crippen LogP contribution in [0.4, 0.5) is 23.2 Å². The van der Waals surface area contributed by atoms with Gasteiger partial charge in [-0.15, -0.1) is 0 Å². The van der Waals surface area contributed by atoms with E-state index in [2.05, 4.69) is 9.68 Å². The zero-order chi connectivity index (χ0) is 23.1. The van der Waals surface area contributed by atoms with Gasteiger partial charge in [0.05, 0.1) is 10.6 Å². The number of hydrogen-bond acceptors (Lipinski definition) is 5. The highest BCUT2D eigenvalue weighted by Gasteiger charge is 2.36. The lowest BCUT2D eigenvalue weighted by atomic mass is 10.1. The van der Waals surface area contributed by atoms with Crippen LogP contribution in [0.15, 0.2) is 57.9 Å². The third-order valence-corrected chi connectivity index (χ3v) is 7.36. The predicted molar refractivity (Wildman–Crippen MR) is 109 cm³/mol. The first-order valence-electron chi connectivity index (χ1n) is 9.72. The molecule has 11 heteroatoms. The third-order valence-electron chi connectivity index (χ3n) is 5.32. The number of aromatic nitrogens is 1. The molecule has 0 aliphatic carbocycles. The second kappa shape index (κ2) is 8.21. The molecule has 1 saturated heterocycles. The van der Waals surface area contributed by atoms with Crippen LogP contribution >= 0.6 is 0 Å². The number of benzene rings is 2. The lowest BCUT2D eigenvalue weighted by molar-refractivity contribution is -0.155. The molecule has 0 amide bonds. The molecule has 0 spiro atoms. The van der Waals surface area contributed by atoms with Gasteiger partial charge in [-0.2, -0.15) is 17.5 Å². The summed E-state index contributed by atoms with van der Waals surface area (Å²) in [6, 6.07) is 11.3. The average molecular weight is 469 g/mol. The van der Waals surface area contributed by atoms with Gasteiger partial charge in [0.1, 0.15) is 11.5 Å². The highest BCUT2D eigenvalue weighted by molar-refractivity contribution is 7.89. The quantitative estimate of drug-likeness (QED) is 0.533. The molecule has 0 saturated carbocycles. The van der Waals surface area contributed by atoms with Gasteiger partial charge in [-0.25, -0.2) is 12.8 Å². The molecule has 1 fully saturated rings. The molecule has 1 aliphatic heterocycles. The summed E-state index contributed by atoms with van der Waals surface area (Å²) in [7, 11) is -3.93. The fraction of sp³-hybridized carbons (Fsp3) is 0.286. The van der Waals surface area contributed by atoms with Crippen LogP contribution in [-0.4, -0.2) is 44.1 Å². The number of para-hydroxylation sites is 1. The summed E-state index contributed by atoms with van der Waals surface area (Å²) >= 11 is 0. The Morgan fingerprint density at radius 2 is 1.69 bits per heavy atom. The van der Waals surface area contributed by atoms with Gasteiger partial charge in [0.15, 0.2) is 0 Å². The Hall–Kier alpha value is -2.92. The van der Waals surface area contributed by atoms with Crippen molar-refractivity contribution in [1.29, 1.82) is 0 Å². The number of sulfonamides is 1. The zero-order valence-corrected chi connectivity index (χ0v) is 17.8. The van der Waals surface area contributed by atoms with Gasteiger partial charge in [0.25, 0.3) is 0 Å². The van der Waals surface area contributed by atoms with Crippen molar-refractivity contribution in [1.82, 2.24) is 9.46 Å². The largest absolute Gasteiger partial charge is 0.452 e. The topological polar surface area (TPSA) is 66.7 Å². The molecular weight excluding hydrogens is 450 g/mol. The van der Waals surface area contributed by atoms with E-state index in [9.17, 15) is 26.0 Å². The van der Waals surface area contributed by atoms with Crippen molar-refractivity contribution < 1.29 is 30.5 Å². The summed E-state index contributed by atoms with van der Waals surface area (Å²) in [5.41, 5.74) is 0.940. The summed E-state index contributed by atoms with van der Waals surface area (Å²) in [5.74, 6) is -1.64. The van der Waals surface area contributed by atoms with E-state index in [1.165, 1.54) is 28.6 Å². The number of anilines is 1. The van der Waals surface area contributed by atoms with Gasteiger partial charge in [0, 0.05) is 37.8 Å². The Balaban J connectivity index is 1.57. The minimum atomic E-state index is -4.69. The molecule has 0 unspecified atom stereocenters. The number of aryl methyl sites for hydroxylation is 1. The van der Waals surface area contributed by atoms with Crippen LogP contribution in [0, 0.1) is 12.7 Å². The Labute approximate surface area is 182 Å². The third kappa shape index (κ3) is 4.22. The maximum Gasteiger partial charge on any atom is 0.452 e. The van der Waals surface area contributed by atoms with Crippen LogP contribution < -0.4 is 4.90 Å². The van der Waals surface area contributed by atoms with Crippen molar-refractivity contribution in [3.8, 4) is 11.3 Å². The van der Waals surface area contributed by atoms with Gasteiger partial charge < -0.3 is 9.42 Å². The van der Waals surface area contributed by atoms with Crippen molar-refractivity contribution >= 4 is 15.7 Å². The number of piperazine rings is 1. The van der Waals surface area contributed by atoms with Crippen LogP contribution in [0.2, 0.25) is 0 Å². The van der Waals surface area contributed by atoms with Crippen molar-refractivity contribution in [2.24, 2.45) is 0 Å². The second-order valence-electron chi connectivity index (χ2n) is 7.40. The Morgan fingerprint density at radius 3 is 2.31 bits per heavy atom. The lowest BCUT2D eigenvalue weighted by Crippen LogP contribution is -2.49. The molecule has 1 aliphatic rings. The van der Waals surface area contributed by atoms with Crippen LogP contribution in [0.1, 0.15) is 11.3 Å². The second-order valence-corrected chi connectivity index (χ2v) is 9.30. The van der Waals surface area contributed by atoms with Gasteiger partial charge >= 0.3 is 6.18 Å². The number of hydrogen-bond donors (Lipinski definition) is 0. The van der Waals surface area contributed by atoms with E-state index >= 15 is 0 Å². The first-order valence-corrected chi connectivity index (χ1v) is 11.2. The van der Waals surface area contributed by atoms with Crippen molar-refractivity contribution in [3.05, 3.63) is 65.7 Å². The standard InChI is InChI=1S/C21H19F4N3O3S/c1-14-6-7-15(17-13-20(31-26-17)21(23,24)25)12-19(14)32(29,30)28-10-8-27(9-11-28)18-5-3-2-4-16(18)22/h2-7,12-13H,8-11H2,1H3. The molecule has 3 aromatic rings. The van der Waals surface area contributed by atoms with E-state index < -0.39 is 22.0 Å².